The minimum absolute atomic E-state index is 0.141. The van der Waals surface area contributed by atoms with Gasteiger partial charge in [0.2, 0.25) is 0 Å². The highest BCUT2D eigenvalue weighted by Crippen LogP contribution is 2.33. The second kappa shape index (κ2) is 8.29. The zero-order valence-corrected chi connectivity index (χ0v) is 16.8. The number of carbonyl (C=O) groups excluding carboxylic acids is 2. The van der Waals surface area contributed by atoms with E-state index in [0.717, 1.165) is 0 Å². The molecule has 10 heteroatoms. The molecule has 2 N–H and O–H groups in total. The number of alkyl halides is 3. The first kappa shape index (κ1) is 21.5. The molecule has 0 aliphatic carbocycles. The van der Waals surface area contributed by atoms with Crippen LogP contribution < -0.4 is 10.6 Å². The average Bonchev–Trinajstić information content (AvgIpc) is 3.02. The second-order valence-electron chi connectivity index (χ2n) is 7.06. The average molecular weight is 421 g/mol. The van der Waals surface area contributed by atoms with E-state index in [0.29, 0.717) is 28.8 Å². The van der Waals surface area contributed by atoms with Crippen LogP contribution in [0.4, 0.5) is 19.0 Å². The SMILES string of the molecule is CCNC(=O)c1nccc2c1CN(C(C)c1cnc(NCC(F)(F)F)c(C)c1)C2=O. The molecule has 0 fully saturated rings. The van der Waals surface area contributed by atoms with Crippen molar-refractivity contribution in [2.75, 3.05) is 18.4 Å². The highest BCUT2D eigenvalue weighted by molar-refractivity contribution is 6.03. The molecule has 1 unspecified atom stereocenters. The van der Waals surface area contributed by atoms with Crippen LogP contribution in [0, 0.1) is 6.92 Å². The van der Waals surface area contributed by atoms with Crippen molar-refractivity contribution in [2.24, 2.45) is 0 Å². The molecule has 3 rings (SSSR count). The van der Waals surface area contributed by atoms with Crippen LogP contribution in [-0.4, -0.2) is 45.9 Å². The summed E-state index contributed by atoms with van der Waals surface area (Å²) in [6.07, 6.45) is -1.46. The van der Waals surface area contributed by atoms with Crippen molar-refractivity contribution in [1.82, 2.24) is 20.2 Å². The first-order valence-corrected chi connectivity index (χ1v) is 9.46. The number of aryl methyl sites for hydroxylation is 1. The predicted molar refractivity (Wildman–Crippen MR) is 104 cm³/mol. The summed E-state index contributed by atoms with van der Waals surface area (Å²) < 4.78 is 37.3. The molecule has 0 saturated heterocycles. The Labute approximate surface area is 171 Å². The van der Waals surface area contributed by atoms with Gasteiger partial charge in [-0.2, -0.15) is 13.2 Å². The van der Waals surface area contributed by atoms with Gasteiger partial charge in [0.1, 0.15) is 18.1 Å². The third-order valence-electron chi connectivity index (χ3n) is 4.93. The molecule has 30 heavy (non-hydrogen) atoms. The van der Waals surface area contributed by atoms with E-state index in [1.165, 1.54) is 12.4 Å². The van der Waals surface area contributed by atoms with Gasteiger partial charge in [-0.25, -0.2) is 4.98 Å². The largest absolute Gasteiger partial charge is 0.405 e. The summed E-state index contributed by atoms with van der Waals surface area (Å²) in [5.74, 6) is -0.432. The van der Waals surface area contributed by atoms with Gasteiger partial charge in [0.05, 0.1) is 6.04 Å². The number of anilines is 1. The molecule has 2 amide bonds. The lowest BCUT2D eigenvalue weighted by Gasteiger charge is -2.25. The number of nitrogens with one attached hydrogen (secondary N) is 2. The molecular weight excluding hydrogens is 399 g/mol. The van der Waals surface area contributed by atoms with Gasteiger partial charge in [0.25, 0.3) is 11.8 Å². The highest BCUT2D eigenvalue weighted by Gasteiger charge is 2.35. The smallest absolute Gasteiger partial charge is 0.361 e. The van der Waals surface area contributed by atoms with E-state index >= 15 is 0 Å². The molecule has 0 radical (unpaired) electrons. The summed E-state index contributed by atoms with van der Waals surface area (Å²) in [7, 11) is 0. The van der Waals surface area contributed by atoms with Crippen LogP contribution >= 0.6 is 0 Å². The van der Waals surface area contributed by atoms with Crippen LogP contribution in [0.3, 0.4) is 0 Å². The lowest BCUT2D eigenvalue weighted by atomic mass is 10.1. The van der Waals surface area contributed by atoms with E-state index in [4.69, 9.17) is 0 Å². The van der Waals surface area contributed by atoms with E-state index in [2.05, 4.69) is 20.6 Å². The van der Waals surface area contributed by atoms with Crippen molar-refractivity contribution in [3.8, 4) is 0 Å². The Morgan fingerprint density at radius 2 is 2.07 bits per heavy atom. The Balaban J connectivity index is 1.81. The molecule has 0 saturated carbocycles. The summed E-state index contributed by atoms with van der Waals surface area (Å²) in [6, 6.07) is 2.89. The Kier molecular flexibility index (Phi) is 5.95. The number of amides is 2. The number of fused-ring (bicyclic) bond motifs is 1. The van der Waals surface area contributed by atoms with Gasteiger partial charge in [0, 0.05) is 36.6 Å². The summed E-state index contributed by atoms with van der Waals surface area (Å²) in [6.45, 7) is 4.73. The summed E-state index contributed by atoms with van der Waals surface area (Å²) in [5.41, 5.74) is 2.43. The highest BCUT2D eigenvalue weighted by atomic mass is 19.4. The number of aromatic nitrogens is 2. The van der Waals surface area contributed by atoms with Crippen molar-refractivity contribution in [2.45, 2.75) is 39.5 Å². The number of nitrogens with zero attached hydrogens (tertiary/aromatic N) is 3. The fraction of sp³-hybridized carbons (Fsp3) is 0.400. The van der Waals surface area contributed by atoms with Gasteiger partial charge in [-0.15, -0.1) is 0 Å². The van der Waals surface area contributed by atoms with Crippen LogP contribution in [0.1, 0.15) is 57.4 Å². The number of rotatable bonds is 6. The van der Waals surface area contributed by atoms with Gasteiger partial charge in [-0.05, 0) is 44.0 Å². The van der Waals surface area contributed by atoms with Crippen molar-refractivity contribution in [1.29, 1.82) is 0 Å². The fourth-order valence-electron chi connectivity index (χ4n) is 3.38. The van der Waals surface area contributed by atoms with Crippen LogP contribution in [0.5, 0.6) is 0 Å². The number of carbonyl (C=O) groups is 2. The molecule has 1 atom stereocenters. The fourth-order valence-corrected chi connectivity index (χ4v) is 3.38. The molecule has 2 aromatic rings. The Bertz CT molecular complexity index is 977. The van der Waals surface area contributed by atoms with Crippen LogP contribution in [-0.2, 0) is 6.54 Å². The monoisotopic (exact) mass is 421 g/mol. The molecule has 7 nitrogen and oxygen atoms in total. The molecule has 0 aromatic carbocycles. The number of pyridine rings is 2. The number of hydrogen-bond donors (Lipinski definition) is 2. The predicted octanol–water partition coefficient (Wildman–Crippen LogP) is 3.23. The van der Waals surface area contributed by atoms with Gasteiger partial charge >= 0.3 is 6.18 Å². The van der Waals surface area contributed by atoms with Crippen molar-refractivity contribution in [3.05, 3.63) is 52.5 Å². The third kappa shape index (κ3) is 4.37. The van der Waals surface area contributed by atoms with Gasteiger partial charge < -0.3 is 15.5 Å². The first-order chi connectivity index (χ1) is 14.1. The first-order valence-electron chi connectivity index (χ1n) is 9.46. The van der Waals surface area contributed by atoms with Crippen molar-refractivity contribution in [3.63, 3.8) is 0 Å². The van der Waals surface area contributed by atoms with E-state index in [9.17, 15) is 22.8 Å². The molecule has 2 aromatic heterocycles. The molecule has 0 bridgehead atoms. The van der Waals surface area contributed by atoms with Crippen molar-refractivity contribution < 1.29 is 22.8 Å². The minimum atomic E-state index is -4.34. The summed E-state index contributed by atoms with van der Waals surface area (Å²) in [5, 5.41) is 4.96. The molecule has 3 heterocycles. The van der Waals surface area contributed by atoms with Crippen LogP contribution in [0.15, 0.2) is 24.5 Å². The quantitative estimate of drug-likeness (QED) is 0.748. The Morgan fingerprint density at radius 1 is 1.33 bits per heavy atom. The maximum Gasteiger partial charge on any atom is 0.405 e. The summed E-state index contributed by atoms with van der Waals surface area (Å²) in [4.78, 5) is 35.0. The molecule has 160 valence electrons. The van der Waals surface area contributed by atoms with Crippen molar-refractivity contribution >= 4 is 17.6 Å². The van der Waals surface area contributed by atoms with Crippen LogP contribution in [0.25, 0.3) is 0 Å². The lowest BCUT2D eigenvalue weighted by Crippen LogP contribution is -2.28. The standard InChI is InChI=1S/C20H22F3N5O2/c1-4-24-18(29)16-15-9-28(19(30)14(15)5-6-25-16)12(3)13-7-11(2)17(26-8-13)27-10-20(21,22)23/h5-8,12H,4,9-10H2,1-3H3,(H,24,29)(H,26,27). The van der Waals surface area contributed by atoms with E-state index in [-0.39, 0.29) is 29.9 Å². The zero-order chi connectivity index (χ0) is 22.1. The maximum atomic E-state index is 12.9. The lowest BCUT2D eigenvalue weighted by molar-refractivity contribution is -0.115. The molecule has 0 spiro atoms. The van der Waals surface area contributed by atoms with Gasteiger partial charge in [0.15, 0.2) is 0 Å². The normalized spacial score (nSPS) is 14.5. The van der Waals surface area contributed by atoms with Gasteiger partial charge in [-0.3, -0.25) is 14.6 Å². The molecular formula is C20H22F3N5O2. The minimum Gasteiger partial charge on any atom is -0.361 e. The van der Waals surface area contributed by atoms with Gasteiger partial charge in [-0.1, -0.05) is 0 Å². The van der Waals surface area contributed by atoms with Crippen LogP contribution in [0.2, 0.25) is 0 Å². The topological polar surface area (TPSA) is 87.2 Å². The zero-order valence-electron chi connectivity index (χ0n) is 16.8. The van der Waals surface area contributed by atoms with E-state index < -0.39 is 18.8 Å². The molecule has 1 aliphatic rings. The Hall–Kier alpha value is -3.17. The third-order valence-corrected chi connectivity index (χ3v) is 4.93. The maximum absolute atomic E-state index is 12.9. The van der Waals surface area contributed by atoms with E-state index in [1.807, 2.05) is 6.92 Å². The number of halogens is 3. The second-order valence-corrected chi connectivity index (χ2v) is 7.06. The van der Waals surface area contributed by atoms with E-state index in [1.54, 1.807) is 30.9 Å². The Morgan fingerprint density at radius 3 is 2.70 bits per heavy atom. The number of hydrogen-bond acceptors (Lipinski definition) is 5. The summed E-state index contributed by atoms with van der Waals surface area (Å²) >= 11 is 0. The molecule has 1 aliphatic heterocycles.